The smallest absolute Gasteiger partial charge is 0.242 e. The van der Waals surface area contributed by atoms with E-state index in [4.69, 9.17) is 9.15 Å². The molecular formula is C16H27IN4O3. The summed E-state index contributed by atoms with van der Waals surface area (Å²) in [5.41, 5.74) is 0. The Kier molecular flexibility index (Phi) is 10.5. The molecule has 7 nitrogen and oxygen atoms in total. The van der Waals surface area contributed by atoms with Crippen LogP contribution in [0, 0.1) is 0 Å². The van der Waals surface area contributed by atoms with E-state index in [1.165, 1.54) is 0 Å². The third-order valence-corrected chi connectivity index (χ3v) is 3.25. The van der Waals surface area contributed by atoms with E-state index in [0.717, 1.165) is 38.1 Å². The molecule has 3 N–H and O–H groups in total. The molecule has 0 bridgehead atoms. The molecule has 2 rings (SSSR count). The van der Waals surface area contributed by atoms with E-state index in [1.807, 2.05) is 19.1 Å². The van der Waals surface area contributed by atoms with Crippen LogP contribution in [0.2, 0.25) is 0 Å². The molecule has 0 unspecified atom stereocenters. The second-order valence-corrected chi connectivity index (χ2v) is 5.45. The quantitative estimate of drug-likeness (QED) is 0.218. The lowest BCUT2D eigenvalue weighted by molar-refractivity contribution is -0.119. The van der Waals surface area contributed by atoms with Gasteiger partial charge in [-0.1, -0.05) is 0 Å². The molecule has 1 aromatic heterocycles. The third kappa shape index (κ3) is 9.11. The first-order chi connectivity index (χ1) is 11.3. The molecule has 24 heavy (non-hydrogen) atoms. The molecule has 0 aromatic carbocycles. The molecule has 1 aliphatic rings. The molecule has 0 aliphatic heterocycles. The third-order valence-electron chi connectivity index (χ3n) is 3.25. The SMILES string of the molecule is CCNC(=NCC(=O)NC1CC1)NCCCOCc1ccco1.I. The van der Waals surface area contributed by atoms with Gasteiger partial charge in [-0.25, -0.2) is 4.99 Å². The first-order valence-electron chi connectivity index (χ1n) is 8.19. The van der Waals surface area contributed by atoms with Crippen LogP contribution in [0.4, 0.5) is 0 Å². The predicted octanol–water partition coefficient (Wildman–Crippen LogP) is 1.64. The van der Waals surface area contributed by atoms with Gasteiger partial charge in [0.05, 0.1) is 6.26 Å². The van der Waals surface area contributed by atoms with Crippen LogP contribution in [0.25, 0.3) is 0 Å². The average molecular weight is 450 g/mol. The first-order valence-corrected chi connectivity index (χ1v) is 8.19. The number of hydrogen-bond acceptors (Lipinski definition) is 4. The fraction of sp³-hybridized carbons (Fsp3) is 0.625. The molecular weight excluding hydrogens is 423 g/mol. The summed E-state index contributed by atoms with van der Waals surface area (Å²) in [6, 6.07) is 4.11. The van der Waals surface area contributed by atoms with Crippen molar-refractivity contribution in [3.8, 4) is 0 Å². The van der Waals surface area contributed by atoms with Crippen LogP contribution in [-0.2, 0) is 16.1 Å². The van der Waals surface area contributed by atoms with Gasteiger partial charge >= 0.3 is 0 Å². The van der Waals surface area contributed by atoms with Gasteiger partial charge in [0.1, 0.15) is 18.9 Å². The standard InChI is InChI=1S/C16H26N4O3.HI/c1-2-17-16(19-11-15(21)20-13-6-7-13)18-8-4-9-22-12-14-5-3-10-23-14;/h3,5,10,13H,2,4,6-9,11-12H2,1H3,(H,20,21)(H2,17,18,19);1H. The molecule has 136 valence electrons. The Labute approximate surface area is 160 Å². The highest BCUT2D eigenvalue weighted by Crippen LogP contribution is 2.18. The van der Waals surface area contributed by atoms with Crippen molar-refractivity contribution in [1.29, 1.82) is 0 Å². The Balaban J connectivity index is 0.00000288. The molecule has 1 heterocycles. The van der Waals surface area contributed by atoms with Crippen molar-refractivity contribution < 1.29 is 13.9 Å². The largest absolute Gasteiger partial charge is 0.467 e. The number of furan rings is 1. The second kappa shape index (κ2) is 12.1. The van der Waals surface area contributed by atoms with Gasteiger partial charge in [0, 0.05) is 25.7 Å². The van der Waals surface area contributed by atoms with Crippen LogP contribution >= 0.6 is 24.0 Å². The number of halogens is 1. The van der Waals surface area contributed by atoms with E-state index in [1.54, 1.807) is 6.26 Å². The zero-order chi connectivity index (χ0) is 16.3. The number of aliphatic imine (C=N–C) groups is 1. The molecule has 0 atom stereocenters. The van der Waals surface area contributed by atoms with Crippen molar-refractivity contribution in [2.45, 2.75) is 38.8 Å². The maximum atomic E-state index is 11.6. The summed E-state index contributed by atoms with van der Waals surface area (Å²) in [6.07, 6.45) is 4.66. The molecule has 1 fully saturated rings. The summed E-state index contributed by atoms with van der Waals surface area (Å²) in [6.45, 7) is 4.76. The van der Waals surface area contributed by atoms with Gasteiger partial charge in [0.15, 0.2) is 5.96 Å². The fourth-order valence-electron chi connectivity index (χ4n) is 1.94. The highest BCUT2D eigenvalue weighted by molar-refractivity contribution is 14.0. The highest BCUT2D eigenvalue weighted by Gasteiger charge is 2.22. The van der Waals surface area contributed by atoms with Gasteiger partial charge < -0.3 is 25.1 Å². The van der Waals surface area contributed by atoms with Crippen LogP contribution in [0.15, 0.2) is 27.8 Å². The minimum atomic E-state index is -0.0218. The second-order valence-electron chi connectivity index (χ2n) is 5.45. The number of ether oxygens (including phenoxy) is 1. The van der Waals surface area contributed by atoms with Crippen LogP contribution in [-0.4, -0.2) is 44.1 Å². The monoisotopic (exact) mass is 450 g/mol. The van der Waals surface area contributed by atoms with Crippen LogP contribution < -0.4 is 16.0 Å². The van der Waals surface area contributed by atoms with E-state index in [0.29, 0.717) is 25.2 Å². The molecule has 1 amide bonds. The van der Waals surface area contributed by atoms with Crippen molar-refractivity contribution in [2.24, 2.45) is 4.99 Å². The lowest BCUT2D eigenvalue weighted by atomic mass is 10.4. The van der Waals surface area contributed by atoms with Crippen molar-refractivity contribution in [3.05, 3.63) is 24.2 Å². The van der Waals surface area contributed by atoms with E-state index < -0.39 is 0 Å². The maximum Gasteiger partial charge on any atom is 0.242 e. The van der Waals surface area contributed by atoms with Gasteiger partial charge in [-0.05, 0) is 38.3 Å². The molecule has 1 aliphatic carbocycles. The Morgan fingerprint density at radius 2 is 2.25 bits per heavy atom. The van der Waals surface area contributed by atoms with Gasteiger partial charge in [0.2, 0.25) is 5.91 Å². The Morgan fingerprint density at radius 1 is 1.42 bits per heavy atom. The summed E-state index contributed by atoms with van der Waals surface area (Å²) < 4.78 is 10.7. The lowest BCUT2D eigenvalue weighted by Crippen LogP contribution is -2.39. The summed E-state index contributed by atoms with van der Waals surface area (Å²) in [4.78, 5) is 15.9. The zero-order valence-corrected chi connectivity index (χ0v) is 16.4. The van der Waals surface area contributed by atoms with Crippen molar-refractivity contribution in [2.75, 3.05) is 26.2 Å². The van der Waals surface area contributed by atoms with Gasteiger partial charge in [-0.3, -0.25) is 4.79 Å². The van der Waals surface area contributed by atoms with Crippen LogP contribution in [0.3, 0.4) is 0 Å². The molecule has 0 saturated heterocycles. The number of nitrogens with one attached hydrogen (secondary N) is 3. The average Bonchev–Trinajstić information content (AvgIpc) is 3.20. The number of nitrogens with zero attached hydrogens (tertiary/aromatic N) is 1. The number of hydrogen-bond donors (Lipinski definition) is 3. The van der Waals surface area contributed by atoms with Gasteiger partial charge in [0.25, 0.3) is 0 Å². The molecule has 0 spiro atoms. The topological polar surface area (TPSA) is 87.9 Å². The Bertz CT molecular complexity index is 490. The fourth-order valence-corrected chi connectivity index (χ4v) is 1.94. The van der Waals surface area contributed by atoms with Crippen molar-refractivity contribution in [3.63, 3.8) is 0 Å². The normalized spacial score (nSPS) is 14.0. The van der Waals surface area contributed by atoms with E-state index in [9.17, 15) is 4.79 Å². The first kappa shape index (κ1) is 20.8. The number of rotatable bonds is 10. The number of carbonyl (C=O) groups is 1. The molecule has 1 saturated carbocycles. The molecule has 0 radical (unpaired) electrons. The summed E-state index contributed by atoms with van der Waals surface area (Å²) in [5, 5.41) is 9.24. The van der Waals surface area contributed by atoms with E-state index in [-0.39, 0.29) is 36.4 Å². The minimum absolute atomic E-state index is 0. The summed E-state index contributed by atoms with van der Waals surface area (Å²) in [7, 11) is 0. The predicted molar refractivity (Wildman–Crippen MR) is 104 cm³/mol. The minimum Gasteiger partial charge on any atom is -0.467 e. The van der Waals surface area contributed by atoms with Crippen LogP contribution in [0.5, 0.6) is 0 Å². The molecule has 8 heteroatoms. The summed E-state index contributed by atoms with van der Waals surface area (Å²) in [5.74, 6) is 1.46. The highest BCUT2D eigenvalue weighted by atomic mass is 127. The van der Waals surface area contributed by atoms with Gasteiger partial charge in [-0.15, -0.1) is 24.0 Å². The maximum absolute atomic E-state index is 11.6. The van der Waals surface area contributed by atoms with Crippen molar-refractivity contribution in [1.82, 2.24) is 16.0 Å². The van der Waals surface area contributed by atoms with E-state index in [2.05, 4.69) is 20.9 Å². The molecule has 1 aromatic rings. The van der Waals surface area contributed by atoms with Gasteiger partial charge in [-0.2, -0.15) is 0 Å². The lowest BCUT2D eigenvalue weighted by Gasteiger charge is -2.11. The van der Waals surface area contributed by atoms with Crippen LogP contribution in [0.1, 0.15) is 31.9 Å². The van der Waals surface area contributed by atoms with Crippen molar-refractivity contribution >= 4 is 35.8 Å². The summed E-state index contributed by atoms with van der Waals surface area (Å²) >= 11 is 0. The number of guanidine groups is 1. The zero-order valence-electron chi connectivity index (χ0n) is 14.0. The van der Waals surface area contributed by atoms with E-state index >= 15 is 0 Å². The number of carbonyl (C=O) groups excluding carboxylic acids is 1. The number of amides is 1. The Hall–Kier alpha value is -1.29. The Morgan fingerprint density at radius 3 is 2.92 bits per heavy atom.